The van der Waals surface area contributed by atoms with E-state index in [4.69, 9.17) is 4.98 Å². The van der Waals surface area contributed by atoms with Crippen LogP contribution in [0.2, 0.25) is 0 Å². The lowest BCUT2D eigenvalue weighted by atomic mass is 9.97. The fraction of sp³-hybridized carbons (Fsp3) is 0.611. The van der Waals surface area contributed by atoms with Gasteiger partial charge in [-0.3, -0.25) is 9.59 Å². The van der Waals surface area contributed by atoms with E-state index < -0.39 is 0 Å². The molecule has 0 saturated carbocycles. The molecule has 1 amide bonds. The number of nitrogens with one attached hydrogen (secondary N) is 3. The van der Waals surface area contributed by atoms with Crippen LogP contribution in [-0.2, 0) is 24.2 Å². The van der Waals surface area contributed by atoms with Crippen LogP contribution in [0.4, 0.5) is 0 Å². The number of nitrogens with zero attached hydrogens (tertiary/aromatic N) is 1. The van der Waals surface area contributed by atoms with Gasteiger partial charge in [0.1, 0.15) is 11.4 Å². The highest BCUT2D eigenvalue weighted by molar-refractivity contribution is 7.18. The van der Waals surface area contributed by atoms with Crippen molar-refractivity contribution < 1.29 is 9.69 Å². The van der Waals surface area contributed by atoms with E-state index in [2.05, 4.69) is 10.3 Å². The number of amides is 1. The minimum absolute atomic E-state index is 0.0264. The lowest BCUT2D eigenvalue weighted by Crippen LogP contribution is -3.11. The molecule has 0 aromatic carbocycles. The predicted octanol–water partition coefficient (Wildman–Crippen LogP) is 0.793. The zero-order valence-corrected chi connectivity index (χ0v) is 16.0. The van der Waals surface area contributed by atoms with Crippen molar-refractivity contribution in [1.82, 2.24) is 15.3 Å². The summed E-state index contributed by atoms with van der Waals surface area (Å²) in [6.45, 7) is 7.68. The first kappa shape index (κ1) is 18.1. The molecule has 0 radical (unpaired) electrons. The van der Waals surface area contributed by atoms with Crippen LogP contribution in [0.1, 0.15) is 49.9 Å². The quantitative estimate of drug-likeness (QED) is 0.710. The monoisotopic (exact) mass is 363 g/mol. The molecule has 7 heteroatoms. The number of thiophene rings is 1. The molecule has 6 nitrogen and oxygen atoms in total. The number of carbonyl (C=O) groups excluding carboxylic acids is 1. The van der Waals surface area contributed by atoms with Gasteiger partial charge in [-0.25, -0.2) is 4.98 Å². The number of hydrogen-bond donors (Lipinski definition) is 3. The van der Waals surface area contributed by atoms with Crippen LogP contribution in [0, 0.1) is 0 Å². The number of fused-ring (bicyclic) bond motifs is 3. The molecule has 25 heavy (non-hydrogen) atoms. The zero-order chi connectivity index (χ0) is 18.0. The molecular formula is C18H27N4O2S+. The molecule has 136 valence electrons. The van der Waals surface area contributed by atoms with Crippen molar-refractivity contribution >= 4 is 27.5 Å². The SMILES string of the molecule is CC[NH+](CC(=O)NC(C)C)Cc1nc2sc3c(c2c(=O)[nH]1)CCCC3. The molecule has 1 atom stereocenters. The first-order valence-electron chi connectivity index (χ1n) is 9.14. The van der Waals surface area contributed by atoms with Gasteiger partial charge in [0.25, 0.3) is 11.5 Å². The van der Waals surface area contributed by atoms with Crippen molar-refractivity contribution in [1.29, 1.82) is 0 Å². The second kappa shape index (κ2) is 7.66. The second-order valence-corrected chi connectivity index (χ2v) is 8.17. The fourth-order valence-corrected chi connectivity index (χ4v) is 4.72. The molecule has 1 unspecified atom stereocenters. The molecule has 0 bridgehead atoms. The predicted molar refractivity (Wildman–Crippen MR) is 100 cm³/mol. The van der Waals surface area contributed by atoms with Gasteiger partial charge in [0.2, 0.25) is 0 Å². The first-order chi connectivity index (χ1) is 12.0. The number of aromatic amines is 1. The van der Waals surface area contributed by atoms with Gasteiger partial charge in [0.05, 0.1) is 11.9 Å². The van der Waals surface area contributed by atoms with Crippen LogP contribution < -0.4 is 15.8 Å². The van der Waals surface area contributed by atoms with Crippen LogP contribution in [0.3, 0.4) is 0 Å². The number of likely N-dealkylation sites (N-methyl/N-ethyl adjacent to an activating group) is 1. The van der Waals surface area contributed by atoms with Gasteiger partial charge in [0, 0.05) is 10.9 Å². The Balaban J connectivity index is 1.81. The molecule has 0 spiro atoms. The Kier molecular flexibility index (Phi) is 5.54. The van der Waals surface area contributed by atoms with Crippen LogP contribution in [0.25, 0.3) is 10.2 Å². The fourth-order valence-electron chi connectivity index (χ4n) is 3.44. The zero-order valence-electron chi connectivity index (χ0n) is 15.2. The largest absolute Gasteiger partial charge is 0.349 e. The molecule has 2 aromatic rings. The molecule has 3 N–H and O–H groups in total. The molecule has 0 aliphatic heterocycles. The molecule has 1 aliphatic carbocycles. The van der Waals surface area contributed by atoms with Crippen LogP contribution >= 0.6 is 11.3 Å². The summed E-state index contributed by atoms with van der Waals surface area (Å²) in [7, 11) is 0. The van der Waals surface area contributed by atoms with E-state index >= 15 is 0 Å². The second-order valence-electron chi connectivity index (χ2n) is 7.08. The third-order valence-corrected chi connectivity index (χ3v) is 5.84. The number of hydrogen-bond acceptors (Lipinski definition) is 4. The number of aromatic nitrogens is 2. The van der Waals surface area contributed by atoms with Crippen molar-refractivity contribution in [2.45, 2.75) is 59.0 Å². The number of carbonyl (C=O) groups is 1. The van der Waals surface area contributed by atoms with E-state index in [0.717, 1.165) is 40.9 Å². The molecule has 0 saturated heterocycles. The van der Waals surface area contributed by atoms with Crippen molar-refractivity contribution in [3.8, 4) is 0 Å². The first-order valence-corrected chi connectivity index (χ1v) is 9.96. The van der Waals surface area contributed by atoms with Crippen molar-refractivity contribution in [2.75, 3.05) is 13.1 Å². The third kappa shape index (κ3) is 4.10. The van der Waals surface area contributed by atoms with E-state index in [0.29, 0.717) is 18.9 Å². The van der Waals surface area contributed by atoms with Gasteiger partial charge in [-0.05, 0) is 52.0 Å². The molecule has 3 rings (SSSR count). The van der Waals surface area contributed by atoms with Crippen molar-refractivity contribution in [3.05, 3.63) is 26.6 Å². The highest BCUT2D eigenvalue weighted by Crippen LogP contribution is 2.33. The Labute approximate surface area is 151 Å². The van der Waals surface area contributed by atoms with Gasteiger partial charge in [-0.2, -0.15) is 0 Å². The molecule has 0 fully saturated rings. The molecule has 2 heterocycles. The minimum Gasteiger partial charge on any atom is -0.349 e. The normalized spacial score (nSPS) is 15.4. The topological polar surface area (TPSA) is 79.3 Å². The lowest BCUT2D eigenvalue weighted by Gasteiger charge is -2.17. The van der Waals surface area contributed by atoms with E-state index in [-0.39, 0.29) is 17.5 Å². The van der Waals surface area contributed by atoms with Crippen LogP contribution in [-0.4, -0.2) is 35.0 Å². The van der Waals surface area contributed by atoms with Gasteiger partial charge in [-0.15, -0.1) is 11.3 Å². The lowest BCUT2D eigenvalue weighted by molar-refractivity contribution is -0.904. The van der Waals surface area contributed by atoms with Gasteiger partial charge in [-0.1, -0.05) is 0 Å². The van der Waals surface area contributed by atoms with E-state index in [9.17, 15) is 9.59 Å². The molecule has 2 aromatic heterocycles. The van der Waals surface area contributed by atoms with Crippen LogP contribution in [0.5, 0.6) is 0 Å². The summed E-state index contributed by atoms with van der Waals surface area (Å²) < 4.78 is 0. The summed E-state index contributed by atoms with van der Waals surface area (Å²) in [5, 5.41) is 3.71. The third-order valence-electron chi connectivity index (χ3n) is 4.65. The van der Waals surface area contributed by atoms with E-state index in [1.807, 2.05) is 20.8 Å². The van der Waals surface area contributed by atoms with Crippen molar-refractivity contribution in [3.63, 3.8) is 0 Å². The average molecular weight is 364 g/mol. The summed E-state index contributed by atoms with van der Waals surface area (Å²) in [6, 6.07) is 0.136. The summed E-state index contributed by atoms with van der Waals surface area (Å²) in [5.74, 6) is 0.701. The Hall–Kier alpha value is -1.73. The molecular weight excluding hydrogens is 336 g/mol. The number of aryl methyl sites for hydroxylation is 2. The Morgan fingerprint density at radius 1 is 1.36 bits per heavy atom. The maximum Gasteiger partial charge on any atom is 0.275 e. The summed E-state index contributed by atoms with van der Waals surface area (Å²) in [4.78, 5) is 35.5. The minimum atomic E-state index is -0.0264. The number of H-pyrrole nitrogens is 1. The number of quaternary nitrogens is 1. The smallest absolute Gasteiger partial charge is 0.275 e. The Morgan fingerprint density at radius 3 is 2.84 bits per heavy atom. The average Bonchev–Trinajstić information content (AvgIpc) is 2.92. The molecule has 1 aliphatic rings. The summed E-state index contributed by atoms with van der Waals surface area (Å²) >= 11 is 1.67. The van der Waals surface area contributed by atoms with Gasteiger partial charge in [0.15, 0.2) is 12.4 Å². The highest BCUT2D eigenvalue weighted by Gasteiger charge is 2.21. The standard InChI is InChI=1S/C18H26N4O2S/c1-4-22(10-15(23)19-11(2)3)9-14-20-17(24)16-12-7-5-6-8-13(12)25-18(16)21-14/h11H,4-10H2,1-3H3,(H,19,23)(H,20,21,24)/p+1. The Bertz CT molecular complexity index is 824. The van der Waals surface area contributed by atoms with Crippen molar-refractivity contribution in [2.24, 2.45) is 0 Å². The van der Waals surface area contributed by atoms with Gasteiger partial charge < -0.3 is 15.2 Å². The van der Waals surface area contributed by atoms with E-state index in [1.54, 1.807) is 11.3 Å². The van der Waals surface area contributed by atoms with Gasteiger partial charge >= 0.3 is 0 Å². The summed E-state index contributed by atoms with van der Waals surface area (Å²) in [6.07, 6.45) is 4.40. The van der Waals surface area contributed by atoms with Crippen LogP contribution in [0.15, 0.2) is 4.79 Å². The summed E-state index contributed by atoms with van der Waals surface area (Å²) in [5.41, 5.74) is 1.18. The van der Waals surface area contributed by atoms with E-state index in [1.165, 1.54) is 16.9 Å². The number of rotatable bonds is 6. The Morgan fingerprint density at radius 2 is 2.12 bits per heavy atom. The maximum atomic E-state index is 12.6. The maximum absolute atomic E-state index is 12.6. The highest BCUT2D eigenvalue weighted by atomic mass is 32.1.